The van der Waals surface area contributed by atoms with Crippen molar-refractivity contribution < 1.29 is 0 Å². The van der Waals surface area contributed by atoms with Crippen molar-refractivity contribution in [3.05, 3.63) is 17.1 Å². The molecule has 1 aromatic rings. The summed E-state index contributed by atoms with van der Waals surface area (Å²) in [5, 5.41) is 3.39. The van der Waals surface area contributed by atoms with E-state index in [-0.39, 0.29) is 0 Å². The standard InChI is InChI=1S/C15H25N3/c1-5-16-14-11-7-6-8-12(11)17-13(18-14)9-10-15(2,3)4/h5-10H2,1-4H3,(H,16,17,18). The van der Waals surface area contributed by atoms with Crippen LogP contribution in [0.1, 0.15) is 57.6 Å². The van der Waals surface area contributed by atoms with Gasteiger partial charge in [0.2, 0.25) is 0 Å². The van der Waals surface area contributed by atoms with Crippen molar-refractivity contribution in [3.8, 4) is 0 Å². The van der Waals surface area contributed by atoms with Gasteiger partial charge in [-0.15, -0.1) is 0 Å². The summed E-state index contributed by atoms with van der Waals surface area (Å²) in [4.78, 5) is 9.46. The summed E-state index contributed by atoms with van der Waals surface area (Å²) in [5.41, 5.74) is 2.99. The summed E-state index contributed by atoms with van der Waals surface area (Å²) in [6.07, 6.45) is 5.60. The highest BCUT2D eigenvalue weighted by Gasteiger charge is 2.19. The van der Waals surface area contributed by atoms with E-state index in [1.165, 1.54) is 17.7 Å². The van der Waals surface area contributed by atoms with E-state index in [1.54, 1.807) is 0 Å². The van der Waals surface area contributed by atoms with Crippen molar-refractivity contribution in [2.24, 2.45) is 5.41 Å². The molecule has 0 saturated heterocycles. The third-order valence-electron chi connectivity index (χ3n) is 3.42. The highest BCUT2D eigenvalue weighted by molar-refractivity contribution is 5.48. The number of aromatic nitrogens is 2. The van der Waals surface area contributed by atoms with E-state index in [2.05, 4.69) is 33.0 Å². The van der Waals surface area contributed by atoms with Gasteiger partial charge in [0.05, 0.1) is 0 Å². The normalized spacial score (nSPS) is 14.7. The molecule has 0 saturated carbocycles. The lowest BCUT2D eigenvalue weighted by Gasteiger charge is -2.18. The van der Waals surface area contributed by atoms with E-state index in [9.17, 15) is 0 Å². The van der Waals surface area contributed by atoms with Crippen molar-refractivity contribution in [1.29, 1.82) is 0 Å². The summed E-state index contributed by atoms with van der Waals surface area (Å²) in [5.74, 6) is 2.10. The van der Waals surface area contributed by atoms with Crippen LogP contribution in [0.5, 0.6) is 0 Å². The van der Waals surface area contributed by atoms with Crippen LogP contribution in [0.15, 0.2) is 0 Å². The molecule has 0 atom stereocenters. The van der Waals surface area contributed by atoms with Gasteiger partial charge in [0, 0.05) is 24.2 Å². The maximum atomic E-state index is 4.75. The van der Waals surface area contributed by atoms with Crippen LogP contribution in [-0.2, 0) is 19.3 Å². The number of hydrogen-bond acceptors (Lipinski definition) is 3. The van der Waals surface area contributed by atoms with E-state index < -0.39 is 0 Å². The second kappa shape index (κ2) is 5.25. The van der Waals surface area contributed by atoms with Gasteiger partial charge in [-0.25, -0.2) is 9.97 Å². The SMILES string of the molecule is CCNc1nc(CCC(C)(C)C)nc2c1CCC2. The topological polar surface area (TPSA) is 37.8 Å². The third kappa shape index (κ3) is 3.21. The second-order valence-electron chi connectivity index (χ2n) is 6.36. The number of aryl methyl sites for hydroxylation is 2. The molecule has 3 heteroatoms. The summed E-state index contributed by atoms with van der Waals surface area (Å²) < 4.78 is 0. The van der Waals surface area contributed by atoms with Crippen LogP contribution in [-0.4, -0.2) is 16.5 Å². The third-order valence-corrected chi connectivity index (χ3v) is 3.42. The van der Waals surface area contributed by atoms with Gasteiger partial charge >= 0.3 is 0 Å². The Hall–Kier alpha value is -1.12. The van der Waals surface area contributed by atoms with Crippen molar-refractivity contribution in [2.45, 2.75) is 59.8 Å². The van der Waals surface area contributed by atoms with E-state index in [0.29, 0.717) is 5.41 Å². The molecule has 0 fully saturated rings. The average Bonchev–Trinajstić information content (AvgIpc) is 2.74. The second-order valence-corrected chi connectivity index (χ2v) is 6.36. The zero-order chi connectivity index (χ0) is 13.2. The molecule has 0 aromatic carbocycles. The minimum Gasteiger partial charge on any atom is -0.370 e. The number of hydrogen-bond donors (Lipinski definition) is 1. The molecule has 1 N–H and O–H groups in total. The summed E-state index contributed by atoms with van der Waals surface area (Å²) in [6, 6.07) is 0. The van der Waals surface area contributed by atoms with Gasteiger partial charge in [0.25, 0.3) is 0 Å². The maximum Gasteiger partial charge on any atom is 0.133 e. The molecule has 1 aromatic heterocycles. The lowest BCUT2D eigenvalue weighted by Crippen LogP contribution is -2.12. The van der Waals surface area contributed by atoms with E-state index in [4.69, 9.17) is 9.97 Å². The molecule has 1 heterocycles. The van der Waals surface area contributed by atoms with Crippen LogP contribution in [0.25, 0.3) is 0 Å². The molecule has 2 rings (SSSR count). The average molecular weight is 247 g/mol. The summed E-state index contributed by atoms with van der Waals surface area (Å²) in [7, 11) is 0. The van der Waals surface area contributed by atoms with Gasteiger partial charge < -0.3 is 5.32 Å². The molecular weight excluding hydrogens is 222 g/mol. The molecule has 3 nitrogen and oxygen atoms in total. The number of nitrogens with zero attached hydrogens (tertiary/aromatic N) is 2. The van der Waals surface area contributed by atoms with E-state index in [0.717, 1.165) is 43.9 Å². The Morgan fingerprint density at radius 2 is 1.94 bits per heavy atom. The van der Waals surface area contributed by atoms with Gasteiger partial charge in [0.1, 0.15) is 11.6 Å². The Morgan fingerprint density at radius 1 is 1.17 bits per heavy atom. The lowest BCUT2D eigenvalue weighted by molar-refractivity contribution is 0.374. The molecule has 1 aliphatic rings. The minimum atomic E-state index is 0.348. The molecule has 18 heavy (non-hydrogen) atoms. The number of fused-ring (bicyclic) bond motifs is 1. The van der Waals surface area contributed by atoms with Crippen molar-refractivity contribution >= 4 is 5.82 Å². The molecule has 100 valence electrons. The van der Waals surface area contributed by atoms with Gasteiger partial charge in [-0.2, -0.15) is 0 Å². The summed E-state index contributed by atoms with van der Waals surface area (Å²) in [6.45, 7) is 9.86. The fourth-order valence-electron chi connectivity index (χ4n) is 2.40. The highest BCUT2D eigenvalue weighted by atomic mass is 15.0. The Kier molecular flexibility index (Phi) is 3.88. The highest BCUT2D eigenvalue weighted by Crippen LogP contribution is 2.27. The Bertz CT molecular complexity index is 418. The number of nitrogens with one attached hydrogen (secondary N) is 1. The number of anilines is 1. The number of rotatable bonds is 4. The first-order chi connectivity index (χ1) is 8.49. The quantitative estimate of drug-likeness (QED) is 0.886. The van der Waals surface area contributed by atoms with E-state index >= 15 is 0 Å². The van der Waals surface area contributed by atoms with Crippen molar-refractivity contribution in [2.75, 3.05) is 11.9 Å². The maximum absolute atomic E-state index is 4.75. The smallest absolute Gasteiger partial charge is 0.133 e. The summed E-state index contributed by atoms with van der Waals surface area (Å²) >= 11 is 0. The minimum absolute atomic E-state index is 0.348. The Balaban J connectivity index is 2.19. The Labute approximate surface area is 110 Å². The van der Waals surface area contributed by atoms with Crippen LogP contribution in [0.3, 0.4) is 0 Å². The monoisotopic (exact) mass is 247 g/mol. The lowest BCUT2D eigenvalue weighted by atomic mass is 9.90. The fraction of sp³-hybridized carbons (Fsp3) is 0.733. The van der Waals surface area contributed by atoms with Crippen molar-refractivity contribution in [1.82, 2.24) is 9.97 Å². The predicted molar refractivity (Wildman–Crippen MR) is 76.0 cm³/mol. The van der Waals surface area contributed by atoms with Crippen molar-refractivity contribution in [3.63, 3.8) is 0 Å². The first-order valence-corrected chi connectivity index (χ1v) is 7.12. The van der Waals surface area contributed by atoms with Gasteiger partial charge in [0.15, 0.2) is 0 Å². The van der Waals surface area contributed by atoms with Crippen LogP contribution >= 0.6 is 0 Å². The Morgan fingerprint density at radius 3 is 2.61 bits per heavy atom. The predicted octanol–water partition coefficient (Wildman–Crippen LogP) is 3.38. The zero-order valence-corrected chi connectivity index (χ0v) is 12.1. The van der Waals surface area contributed by atoms with Crippen LogP contribution in [0.2, 0.25) is 0 Å². The molecule has 0 spiro atoms. The largest absolute Gasteiger partial charge is 0.370 e. The van der Waals surface area contributed by atoms with E-state index in [1.807, 2.05) is 0 Å². The molecule has 1 aliphatic carbocycles. The molecule has 0 amide bonds. The molecule has 0 radical (unpaired) electrons. The first kappa shape index (κ1) is 13.3. The van der Waals surface area contributed by atoms with Crippen LogP contribution in [0, 0.1) is 5.41 Å². The molecule has 0 aliphatic heterocycles. The first-order valence-electron chi connectivity index (χ1n) is 7.12. The molecule has 0 bridgehead atoms. The van der Waals surface area contributed by atoms with Crippen LogP contribution in [0.4, 0.5) is 5.82 Å². The van der Waals surface area contributed by atoms with Gasteiger partial charge in [-0.3, -0.25) is 0 Å². The van der Waals surface area contributed by atoms with Crippen LogP contribution < -0.4 is 5.32 Å². The van der Waals surface area contributed by atoms with Gasteiger partial charge in [-0.05, 0) is 38.0 Å². The van der Waals surface area contributed by atoms with Gasteiger partial charge in [-0.1, -0.05) is 20.8 Å². The molecule has 0 unspecified atom stereocenters. The fourth-order valence-corrected chi connectivity index (χ4v) is 2.40. The zero-order valence-electron chi connectivity index (χ0n) is 12.1. The molecular formula is C15H25N3.